The SMILES string of the molecule is CC(C)S(=O)(=O)c1ccc(-c2cnc(N(C(=O)OC(C)(C)C)C(=O)OC(C)(C)C)c(-c3cccc(CN(C)C(=O)OC(C)(C)C)c3)n2)cc1. The summed E-state index contributed by atoms with van der Waals surface area (Å²) < 4.78 is 42.2. The Morgan fingerprint density at radius 2 is 1.27 bits per heavy atom. The van der Waals surface area contributed by atoms with E-state index in [4.69, 9.17) is 19.2 Å². The van der Waals surface area contributed by atoms with Gasteiger partial charge in [-0.05, 0) is 99.9 Å². The zero-order valence-electron chi connectivity index (χ0n) is 30.4. The predicted octanol–water partition coefficient (Wildman–Crippen LogP) is 8.04. The number of aromatic nitrogens is 2. The van der Waals surface area contributed by atoms with Crippen molar-refractivity contribution in [2.75, 3.05) is 11.9 Å². The number of rotatable bonds is 7. The van der Waals surface area contributed by atoms with Crippen LogP contribution >= 0.6 is 0 Å². The second kappa shape index (κ2) is 14.5. The molecule has 0 unspecified atom stereocenters. The fourth-order valence-electron chi connectivity index (χ4n) is 4.32. The van der Waals surface area contributed by atoms with Gasteiger partial charge < -0.3 is 19.1 Å². The number of carbonyl (C=O) groups excluding carboxylic acids is 3. The van der Waals surface area contributed by atoms with Gasteiger partial charge in [-0.15, -0.1) is 0 Å². The Bertz CT molecular complexity index is 1760. The van der Waals surface area contributed by atoms with E-state index >= 15 is 0 Å². The van der Waals surface area contributed by atoms with E-state index in [1.54, 1.807) is 114 Å². The largest absolute Gasteiger partial charge is 0.444 e. The first-order valence-corrected chi connectivity index (χ1v) is 17.4. The van der Waals surface area contributed by atoms with Crippen molar-refractivity contribution >= 4 is 33.9 Å². The monoisotopic (exact) mass is 696 g/mol. The third-order valence-corrected chi connectivity index (χ3v) is 8.71. The fraction of sp³-hybridized carbons (Fsp3) is 0.472. The van der Waals surface area contributed by atoms with Gasteiger partial charge in [-0.1, -0.05) is 30.3 Å². The molecule has 3 rings (SSSR count). The van der Waals surface area contributed by atoms with Crippen molar-refractivity contribution in [3.8, 4) is 22.5 Å². The summed E-state index contributed by atoms with van der Waals surface area (Å²) in [6, 6.07) is 13.3. The molecule has 0 aliphatic rings. The van der Waals surface area contributed by atoms with Gasteiger partial charge in [0.25, 0.3) is 0 Å². The van der Waals surface area contributed by atoms with Crippen molar-refractivity contribution < 1.29 is 37.0 Å². The standard InChI is InChI=1S/C36H48N4O8S/c1-23(2)49(44,45)27-18-16-25(17-19-27)28-21-37-30(40(32(42)47-35(6,7)8)33(43)48-36(9,10)11)29(38-28)26-15-13-14-24(20-26)22-39(12)31(41)46-34(3,4)5/h13-21,23H,22H2,1-12H3. The molecule has 0 aliphatic carbocycles. The molecule has 0 spiro atoms. The first-order chi connectivity index (χ1) is 22.4. The summed E-state index contributed by atoms with van der Waals surface area (Å²) in [5.41, 5.74) is -0.410. The summed E-state index contributed by atoms with van der Waals surface area (Å²) in [6.07, 6.45) is -1.17. The minimum absolute atomic E-state index is 0.134. The number of nitrogens with zero attached hydrogens (tertiary/aromatic N) is 4. The van der Waals surface area contributed by atoms with Gasteiger partial charge in [0.15, 0.2) is 15.7 Å². The maximum atomic E-state index is 13.6. The van der Waals surface area contributed by atoms with Crippen molar-refractivity contribution in [1.82, 2.24) is 14.9 Å². The molecule has 266 valence electrons. The second-order valence-corrected chi connectivity index (χ2v) is 17.4. The average Bonchev–Trinajstić information content (AvgIpc) is 2.94. The van der Waals surface area contributed by atoms with Crippen molar-refractivity contribution in [3.05, 3.63) is 60.3 Å². The minimum atomic E-state index is -3.51. The maximum absolute atomic E-state index is 13.6. The van der Waals surface area contributed by atoms with Crippen LogP contribution in [0.15, 0.2) is 59.6 Å². The summed E-state index contributed by atoms with van der Waals surface area (Å²) in [4.78, 5) is 51.7. The molecule has 0 aliphatic heterocycles. The molecule has 1 aromatic heterocycles. The van der Waals surface area contributed by atoms with E-state index in [-0.39, 0.29) is 23.0 Å². The molecule has 1 heterocycles. The van der Waals surface area contributed by atoms with Gasteiger partial charge in [0.2, 0.25) is 0 Å². The van der Waals surface area contributed by atoms with Crippen LogP contribution in [-0.2, 0) is 30.6 Å². The highest BCUT2D eigenvalue weighted by molar-refractivity contribution is 7.92. The van der Waals surface area contributed by atoms with E-state index in [0.717, 1.165) is 0 Å². The zero-order chi connectivity index (χ0) is 37.1. The first kappa shape index (κ1) is 38.9. The van der Waals surface area contributed by atoms with Crippen LogP contribution in [0.5, 0.6) is 0 Å². The molecule has 0 atom stereocenters. The number of anilines is 1. The lowest BCUT2D eigenvalue weighted by molar-refractivity contribution is 0.0283. The summed E-state index contributed by atoms with van der Waals surface area (Å²) in [6.45, 7) is 18.8. The normalized spacial score (nSPS) is 12.3. The lowest BCUT2D eigenvalue weighted by Crippen LogP contribution is -2.44. The topological polar surface area (TPSA) is 145 Å². The summed E-state index contributed by atoms with van der Waals surface area (Å²) in [7, 11) is -1.89. The molecule has 0 N–H and O–H groups in total. The molecule has 3 aromatic rings. The Balaban J connectivity index is 2.23. The Morgan fingerprint density at radius 3 is 1.76 bits per heavy atom. The molecular weight excluding hydrogens is 648 g/mol. The lowest BCUT2D eigenvalue weighted by atomic mass is 10.1. The van der Waals surface area contributed by atoms with Gasteiger partial charge >= 0.3 is 18.3 Å². The molecule has 0 radical (unpaired) electrons. The molecule has 0 saturated carbocycles. The maximum Gasteiger partial charge on any atom is 0.425 e. The van der Waals surface area contributed by atoms with Crippen LogP contribution in [0.1, 0.15) is 81.7 Å². The minimum Gasteiger partial charge on any atom is -0.444 e. The van der Waals surface area contributed by atoms with Crippen LogP contribution < -0.4 is 4.90 Å². The number of ether oxygens (including phenoxy) is 3. The molecule has 2 aromatic carbocycles. The number of carbonyl (C=O) groups is 3. The van der Waals surface area contributed by atoms with Crippen LogP contribution in [0.2, 0.25) is 0 Å². The van der Waals surface area contributed by atoms with Crippen molar-refractivity contribution in [3.63, 3.8) is 0 Å². The van der Waals surface area contributed by atoms with Gasteiger partial charge in [-0.2, -0.15) is 4.90 Å². The second-order valence-electron chi connectivity index (χ2n) is 14.9. The number of benzene rings is 2. The Labute approximate surface area is 289 Å². The zero-order valence-corrected chi connectivity index (χ0v) is 31.3. The summed E-state index contributed by atoms with van der Waals surface area (Å²) in [5.74, 6) is -0.149. The molecule has 12 nitrogen and oxygen atoms in total. The van der Waals surface area contributed by atoms with E-state index in [9.17, 15) is 22.8 Å². The Kier molecular flexibility index (Phi) is 11.5. The van der Waals surface area contributed by atoms with Crippen LogP contribution in [0.25, 0.3) is 22.5 Å². The lowest BCUT2D eigenvalue weighted by Gasteiger charge is -2.29. The third-order valence-electron chi connectivity index (χ3n) is 6.54. The quantitative estimate of drug-likeness (QED) is 0.223. The molecule has 13 heteroatoms. The van der Waals surface area contributed by atoms with Gasteiger partial charge in [-0.3, -0.25) is 0 Å². The number of amides is 3. The smallest absolute Gasteiger partial charge is 0.425 e. The molecule has 3 amide bonds. The van der Waals surface area contributed by atoms with Crippen molar-refractivity contribution in [1.29, 1.82) is 0 Å². The first-order valence-electron chi connectivity index (χ1n) is 15.9. The van der Waals surface area contributed by atoms with Crippen LogP contribution in [0, 0.1) is 0 Å². The van der Waals surface area contributed by atoms with E-state index in [0.29, 0.717) is 27.3 Å². The van der Waals surface area contributed by atoms with Crippen LogP contribution in [0.4, 0.5) is 20.2 Å². The van der Waals surface area contributed by atoms with Gasteiger partial charge in [0.05, 0.1) is 22.0 Å². The van der Waals surface area contributed by atoms with Gasteiger partial charge in [-0.25, -0.2) is 32.8 Å². The molecular formula is C36H48N4O8S. The van der Waals surface area contributed by atoms with Crippen molar-refractivity contribution in [2.24, 2.45) is 0 Å². The van der Waals surface area contributed by atoms with Gasteiger partial charge in [0.1, 0.15) is 22.5 Å². The number of hydrogen-bond acceptors (Lipinski definition) is 10. The number of sulfone groups is 1. The summed E-state index contributed by atoms with van der Waals surface area (Å²) in [5, 5.41) is -0.600. The Morgan fingerprint density at radius 1 is 0.755 bits per heavy atom. The number of hydrogen-bond donors (Lipinski definition) is 0. The van der Waals surface area contributed by atoms with Crippen molar-refractivity contribution in [2.45, 2.75) is 110 Å². The highest BCUT2D eigenvalue weighted by Gasteiger charge is 2.36. The van der Waals surface area contributed by atoms with E-state index in [2.05, 4.69) is 4.98 Å². The van der Waals surface area contributed by atoms with Gasteiger partial charge in [0, 0.05) is 24.7 Å². The average molecular weight is 697 g/mol. The molecule has 49 heavy (non-hydrogen) atoms. The highest BCUT2D eigenvalue weighted by atomic mass is 32.2. The number of imide groups is 1. The van der Waals surface area contributed by atoms with E-state index in [1.165, 1.54) is 23.2 Å². The van der Waals surface area contributed by atoms with Crippen LogP contribution in [-0.4, -0.2) is 70.7 Å². The third kappa shape index (κ3) is 10.7. The molecule has 0 fully saturated rings. The van der Waals surface area contributed by atoms with E-state index < -0.39 is 50.2 Å². The molecule has 0 saturated heterocycles. The highest BCUT2D eigenvalue weighted by Crippen LogP contribution is 2.33. The fourth-order valence-corrected chi connectivity index (χ4v) is 5.38. The van der Waals surface area contributed by atoms with Crippen LogP contribution in [0.3, 0.4) is 0 Å². The summed E-state index contributed by atoms with van der Waals surface area (Å²) >= 11 is 0. The molecule has 0 bridgehead atoms. The van der Waals surface area contributed by atoms with E-state index in [1.807, 2.05) is 6.07 Å². The Hall–Kier alpha value is -4.52. The predicted molar refractivity (Wildman–Crippen MR) is 188 cm³/mol.